The zero-order valence-corrected chi connectivity index (χ0v) is 17.5. The molecule has 0 amide bonds. The van der Waals surface area contributed by atoms with Crippen molar-refractivity contribution in [3.63, 3.8) is 0 Å². The van der Waals surface area contributed by atoms with Gasteiger partial charge >= 0.3 is 6.18 Å². The van der Waals surface area contributed by atoms with Crippen molar-refractivity contribution in [1.82, 2.24) is 19.7 Å². The Morgan fingerprint density at radius 2 is 2.00 bits per heavy atom. The number of nitrogens with zero attached hydrogens (tertiary/aromatic N) is 4. The third kappa shape index (κ3) is 4.14. The van der Waals surface area contributed by atoms with Crippen LogP contribution in [-0.2, 0) is 10.9 Å². The summed E-state index contributed by atoms with van der Waals surface area (Å²) >= 11 is 6.26. The number of aromatic nitrogens is 4. The number of alkyl halides is 3. The molecule has 1 N–H and O–H groups in total. The molecule has 2 fully saturated rings. The van der Waals surface area contributed by atoms with Crippen LogP contribution in [-0.4, -0.2) is 52.7 Å². The zero-order valence-electron chi connectivity index (χ0n) is 16.8. The first-order valence-electron chi connectivity index (χ1n) is 10.2. The fourth-order valence-electron chi connectivity index (χ4n) is 3.51. The normalized spacial score (nSPS) is 17.2. The lowest BCUT2D eigenvalue weighted by atomic mass is 10.1. The summed E-state index contributed by atoms with van der Waals surface area (Å²) in [7, 11) is 0. The first kappa shape index (κ1) is 21.1. The van der Waals surface area contributed by atoms with Crippen LogP contribution in [0.25, 0.3) is 16.7 Å². The molecule has 170 valence electrons. The van der Waals surface area contributed by atoms with E-state index in [1.807, 2.05) is 4.90 Å². The lowest BCUT2D eigenvalue weighted by Gasteiger charge is -2.26. The molecule has 0 unspecified atom stereocenters. The van der Waals surface area contributed by atoms with Gasteiger partial charge in [-0.05, 0) is 30.9 Å². The molecular weight excluding hydrogens is 451 g/mol. The maximum Gasteiger partial charge on any atom is 0.416 e. The fourth-order valence-corrected chi connectivity index (χ4v) is 3.80. The van der Waals surface area contributed by atoms with Gasteiger partial charge in [-0.15, -0.1) is 5.10 Å². The number of aromatic amines is 1. The lowest BCUT2D eigenvalue weighted by Crippen LogP contribution is -2.38. The molecule has 1 aromatic carbocycles. The van der Waals surface area contributed by atoms with Crippen molar-refractivity contribution in [2.24, 2.45) is 5.92 Å². The quantitative estimate of drug-likeness (QED) is 0.616. The summed E-state index contributed by atoms with van der Waals surface area (Å²) in [6.45, 7) is 2.45. The molecule has 0 spiro atoms. The van der Waals surface area contributed by atoms with Crippen molar-refractivity contribution in [3.05, 3.63) is 39.3 Å². The van der Waals surface area contributed by atoms with Gasteiger partial charge in [-0.1, -0.05) is 11.6 Å². The Morgan fingerprint density at radius 1 is 1.25 bits per heavy atom. The smallest absolute Gasteiger partial charge is 0.416 e. The molecule has 12 heteroatoms. The van der Waals surface area contributed by atoms with Gasteiger partial charge in [0.05, 0.1) is 30.4 Å². The molecule has 1 aliphatic carbocycles. The van der Waals surface area contributed by atoms with Crippen LogP contribution in [0.1, 0.15) is 18.4 Å². The van der Waals surface area contributed by atoms with E-state index in [0.717, 1.165) is 25.0 Å². The van der Waals surface area contributed by atoms with Gasteiger partial charge < -0.3 is 14.4 Å². The monoisotopic (exact) mass is 469 g/mol. The summed E-state index contributed by atoms with van der Waals surface area (Å²) in [6.07, 6.45) is -1.25. The average Bonchev–Trinajstić information content (AvgIpc) is 3.49. The second-order valence-corrected chi connectivity index (χ2v) is 8.26. The summed E-state index contributed by atoms with van der Waals surface area (Å²) in [5.41, 5.74) is -1.05. The number of H-pyrrole nitrogens is 1. The van der Waals surface area contributed by atoms with Gasteiger partial charge in [0, 0.05) is 19.3 Å². The van der Waals surface area contributed by atoms with Gasteiger partial charge in [0.25, 0.3) is 5.56 Å². The molecule has 1 saturated heterocycles. The molecule has 32 heavy (non-hydrogen) atoms. The first-order chi connectivity index (χ1) is 15.3. The Morgan fingerprint density at radius 3 is 2.69 bits per heavy atom. The molecular formula is C20H19ClF3N5O3. The van der Waals surface area contributed by atoms with Crippen molar-refractivity contribution in [2.75, 3.05) is 37.8 Å². The summed E-state index contributed by atoms with van der Waals surface area (Å²) < 4.78 is 52.3. The van der Waals surface area contributed by atoms with Crippen molar-refractivity contribution in [2.45, 2.75) is 19.0 Å². The molecule has 3 heterocycles. The molecule has 2 aliphatic rings. The second-order valence-electron chi connectivity index (χ2n) is 7.86. The number of hydrogen-bond acceptors (Lipinski definition) is 6. The number of halogens is 4. The molecule has 8 nitrogen and oxygen atoms in total. The highest BCUT2D eigenvalue weighted by Gasteiger charge is 2.33. The number of fused-ring (bicyclic) bond motifs is 1. The SMILES string of the molecule is O=c1[nH]c(N2CCOCC2)nc2nn(-c3c(Cl)cc(C(F)(F)F)cc3OCC3CC3)cc12. The predicted molar refractivity (Wildman–Crippen MR) is 111 cm³/mol. The van der Waals surface area contributed by atoms with Crippen LogP contribution in [0.4, 0.5) is 19.1 Å². The number of anilines is 1. The van der Waals surface area contributed by atoms with Gasteiger partial charge in [-0.2, -0.15) is 18.2 Å². The van der Waals surface area contributed by atoms with Gasteiger partial charge in [0.2, 0.25) is 5.95 Å². The van der Waals surface area contributed by atoms with E-state index in [2.05, 4.69) is 15.1 Å². The summed E-state index contributed by atoms with van der Waals surface area (Å²) in [4.78, 5) is 21.7. The molecule has 0 atom stereocenters. The van der Waals surface area contributed by atoms with Gasteiger partial charge in [0.15, 0.2) is 5.65 Å². The molecule has 0 radical (unpaired) electrons. The van der Waals surface area contributed by atoms with E-state index >= 15 is 0 Å². The summed E-state index contributed by atoms with van der Waals surface area (Å²) in [6, 6.07) is 1.73. The lowest BCUT2D eigenvalue weighted by molar-refractivity contribution is -0.137. The minimum atomic E-state index is -4.58. The minimum Gasteiger partial charge on any atom is -0.491 e. The highest BCUT2D eigenvalue weighted by Crippen LogP contribution is 2.40. The number of hydrogen-bond donors (Lipinski definition) is 1. The Balaban J connectivity index is 1.58. The number of rotatable bonds is 5. The Labute approximate surface area is 184 Å². The average molecular weight is 470 g/mol. The first-order valence-corrected chi connectivity index (χ1v) is 10.5. The van der Waals surface area contributed by atoms with Crippen molar-refractivity contribution in [1.29, 1.82) is 0 Å². The molecule has 0 bridgehead atoms. The van der Waals surface area contributed by atoms with Crippen LogP contribution in [0.5, 0.6) is 5.75 Å². The van der Waals surface area contributed by atoms with Crippen LogP contribution >= 0.6 is 11.6 Å². The zero-order chi connectivity index (χ0) is 22.5. The predicted octanol–water partition coefficient (Wildman–Crippen LogP) is 3.41. The third-order valence-electron chi connectivity index (χ3n) is 5.44. The maximum atomic E-state index is 13.3. The van der Waals surface area contributed by atoms with E-state index in [1.54, 1.807) is 0 Å². The van der Waals surface area contributed by atoms with E-state index in [-0.39, 0.29) is 34.1 Å². The van der Waals surface area contributed by atoms with Crippen LogP contribution in [0, 0.1) is 5.92 Å². The Hall–Kier alpha value is -2.79. The third-order valence-corrected chi connectivity index (χ3v) is 5.73. The minimum absolute atomic E-state index is 0.0469. The van der Waals surface area contributed by atoms with E-state index in [9.17, 15) is 18.0 Å². The van der Waals surface area contributed by atoms with Crippen molar-refractivity contribution >= 4 is 28.6 Å². The molecule has 5 rings (SSSR count). The standard InChI is InChI=1S/C20H19ClF3N5O3/c21-14-7-12(20(22,23)24)8-15(32-10-11-1-2-11)16(14)29-9-13-17(27-29)25-19(26-18(13)30)28-3-5-31-6-4-28/h7-9,11H,1-6,10H2,(H,25,26,27,30). The second kappa shape index (κ2) is 7.96. The van der Waals surface area contributed by atoms with E-state index in [0.29, 0.717) is 38.2 Å². The molecule has 1 saturated carbocycles. The van der Waals surface area contributed by atoms with E-state index < -0.39 is 17.3 Å². The van der Waals surface area contributed by atoms with E-state index in [4.69, 9.17) is 21.1 Å². The van der Waals surface area contributed by atoms with Crippen LogP contribution in [0.3, 0.4) is 0 Å². The number of ether oxygens (including phenoxy) is 2. The fraction of sp³-hybridized carbons (Fsp3) is 0.450. The highest BCUT2D eigenvalue weighted by molar-refractivity contribution is 6.32. The molecule has 3 aromatic rings. The van der Waals surface area contributed by atoms with Gasteiger partial charge in [0.1, 0.15) is 16.8 Å². The highest BCUT2D eigenvalue weighted by atomic mass is 35.5. The number of benzene rings is 1. The maximum absolute atomic E-state index is 13.3. The Bertz CT molecular complexity index is 1220. The van der Waals surface area contributed by atoms with Gasteiger partial charge in [-0.25, -0.2) is 4.68 Å². The van der Waals surface area contributed by atoms with Crippen molar-refractivity contribution < 1.29 is 22.6 Å². The Kier molecular flexibility index (Phi) is 5.25. The summed E-state index contributed by atoms with van der Waals surface area (Å²) in [5.74, 6) is 0.627. The summed E-state index contributed by atoms with van der Waals surface area (Å²) in [5, 5.41) is 4.33. The largest absolute Gasteiger partial charge is 0.491 e. The topological polar surface area (TPSA) is 85.3 Å². The van der Waals surface area contributed by atoms with Crippen LogP contribution < -0.4 is 15.2 Å². The van der Waals surface area contributed by atoms with Crippen molar-refractivity contribution in [3.8, 4) is 11.4 Å². The van der Waals surface area contributed by atoms with Gasteiger partial charge in [-0.3, -0.25) is 9.78 Å². The number of morpholine rings is 1. The molecule has 1 aliphatic heterocycles. The van der Waals surface area contributed by atoms with Crippen LogP contribution in [0.2, 0.25) is 5.02 Å². The number of nitrogens with one attached hydrogen (secondary N) is 1. The molecule has 2 aromatic heterocycles. The van der Waals surface area contributed by atoms with Crippen LogP contribution in [0.15, 0.2) is 23.1 Å². The van der Waals surface area contributed by atoms with E-state index in [1.165, 1.54) is 10.9 Å².